The van der Waals surface area contributed by atoms with Crippen LogP contribution in [0.25, 0.3) is 0 Å². The van der Waals surface area contributed by atoms with Crippen LogP contribution >= 0.6 is 0 Å². The van der Waals surface area contributed by atoms with Gasteiger partial charge in [-0.3, -0.25) is 0 Å². The zero-order valence-corrected chi connectivity index (χ0v) is 9.82. The van der Waals surface area contributed by atoms with E-state index >= 15 is 0 Å². The molecule has 0 amide bonds. The zero-order chi connectivity index (χ0) is 11.1. The molecular formula is C13H22N2. The van der Waals surface area contributed by atoms with Gasteiger partial charge in [0.1, 0.15) is 0 Å². The maximum absolute atomic E-state index is 6.13. The Bertz CT molecular complexity index is 254. The number of nitrogens with zero attached hydrogens (tertiary/aromatic N) is 1. The van der Waals surface area contributed by atoms with Crippen LogP contribution in [-0.2, 0) is 0 Å². The maximum Gasteiger partial charge on any atom is 0.0307 e. The Kier molecular flexibility index (Phi) is 5.37. The molecule has 2 N–H and O–H groups in total. The van der Waals surface area contributed by atoms with Gasteiger partial charge in [-0.15, -0.1) is 0 Å². The molecule has 1 rings (SSSR count). The maximum atomic E-state index is 6.13. The van der Waals surface area contributed by atoms with Crippen LogP contribution in [0.5, 0.6) is 0 Å². The minimum absolute atomic E-state index is 0.173. The lowest BCUT2D eigenvalue weighted by atomic mass is 10.0. The second-order valence-electron chi connectivity index (χ2n) is 3.83. The fourth-order valence-corrected chi connectivity index (χ4v) is 1.73. The number of rotatable bonds is 6. The molecule has 0 aliphatic carbocycles. The summed E-state index contributed by atoms with van der Waals surface area (Å²) in [4.78, 5) is 2.41. The molecule has 0 heterocycles. The molecule has 0 fully saturated rings. The molecule has 0 unspecified atom stereocenters. The first-order chi connectivity index (χ1) is 7.27. The Balaban J connectivity index is 2.39. The molecule has 0 aromatic heterocycles. The molecular weight excluding hydrogens is 184 g/mol. The van der Waals surface area contributed by atoms with E-state index in [0.717, 1.165) is 26.1 Å². The van der Waals surface area contributed by atoms with E-state index < -0.39 is 0 Å². The first-order valence-electron chi connectivity index (χ1n) is 5.80. The molecule has 1 aromatic rings. The molecule has 1 atom stereocenters. The quantitative estimate of drug-likeness (QED) is 0.774. The van der Waals surface area contributed by atoms with Gasteiger partial charge in [0.2, 0.25) is 0 Å². The standard InChI is InChI=1S/C13H22N2/c1-3-15(4-2)11-10-13(14)12-8-6-5-7-9-12/h5-9,13H,3-4,10-11,14H2,1-2H3/t13-/m1/s1. The van der Waals surface area contributed by atoms with Gasteiger partial charge < -0.3 is 10.6 Å². The number of benzene rings is 1. The summed E-state index contributed by atoms with van der Waals surface area (Å²) in [5.41, 5.74) is 7.37. The van der Waals surface area contributed by atoms with Crippen LogP contribution in [0.4, 0.5) is 0 Å². The van der Waals surface area contributed by atoms with Gasteiger partial charge in [-0.1, -0.05) is 44.2 Å². The van der Waals surface area contributed by atoms with Gasteiger partial charge in [0.25, 0.3) is 0 Å². The van der Waals surface area contributed by atoms with Crippen molar-refractivity contribution >= 4 is 0 Å². The van der Waals surface area contributed by atoms with E-state index in [9.17, 15) is 0 Å². The molecule has 1 aromatic carbocycles. The summed E-state index contributed by atoms with van der Waals surface area (Å²) in [6, 6.07) is 10.5. The summed E-state index contributed by atoms with van der Waals surface area (Å²) in [7, 11) is 0. The van der Waals surface area contributed by atoms with Crippen molar-refractivity contribution in [3.63, 3.8) is 0 Å². The summed E-state index contributed by atoms with van der Waals surface area (Å²) in [6.45, 7) is 7.69. The Morgan fingerprint density at radius 3 is 2.27 bits per heavy atom. The van der Waals surface area contributed by atoms with Crippen molar-refractivity contribution in [2.45, 2.75) is 26.3 Å². The van der Waals surface area contributed by atoms with E-state index in [-0.39, 0.29) is 6.04 Å². The molecule has 0 saturated heterocycles. The topological polar surface area (TPSA) is 29.3 Å². The Labute approximate surface area is 93.1 Å². The molecule has 0 radical (unpaired) electrons. The van der Waals surface area contributed by atoms with Crippen molar-refractivity contribution in [3.8, 4) is 0 Å². The highest BCUT2D eigenvalue weighted by Crippen LogP contribution is 2.13. The Hall–Kier alpha value is -0.860. The second-order valence-corrected chi connectivity index (χ2v) is 3.83. The van der Waals surface area contributed by atoms with Gasteiger partial charge in [-0.05, 0) is 31.6 Å². The first kappa shape index (κ1) is 12.2. The predicted octanol–water partition coefficient (Wildman–Crippen LogP) is 2.42. The minimum Gasteiger partial charge on any atom is -0.324 e. The largest absolute Gasteiger partial charge is 0.324 e. The van der Waals surface area contributed by atoms with E-state index in [1.165, 1.54) is 5.56 Å². The van der Waals surface area contributed by atoms with Crippen LogP contribution < -0.4 is 5.73 Å². The van der Waals surface area contributed by atoms with E-state index in [0.29, 0.717) is 0 Å². The number of hydrogen-bond acceptors (Lipinski definition) is 2. The third-order valence-electron chi connectivity index (χ3n) is 2.88. The van der Waals surface area contributed by atoms with Crippen LogP contribution in [0.1, 0.15) is 31.9 Å². The van der Waals surface area contributed by atoms with Crippen LogP contribution in [0, 0.1) is 0 Å². The van der Waals surface area contributed by atoms with Crippen molar-refractivity contribution in [1.82, 2.24) is 4.90 Å². The molecule has 0 bridgehead atoms. The molecule has 15 heavy (non-hydrogen) atoms. The zero-order valence-electron chi connectivity index (χ0n) is 9.82. The van der Waals surface area contributed by atoms with Gasteiger partial charge in [-0.2, -0.15) is 0 Å². The molecule has 0 aliphatic rings. The monoisotopic (exact) mass is 206 g/mol. The fraction of sp³-hybridized carbons (Fsp3) is 0.538. The van der Waals surface area contributed by atoms with E-state index in [2.05, 4.69) is 30.9 Å². The SMILES string of the molecule is CCN(CC)CC[C@@H](N)c1ccccc1. The number of hydrogen-bond donors (Lipinski definition) is 1. The van der Waals surface area contributed by atoms with Crippen molar-refractivity contribution in [3.05, 3.63) is 35.9 Å². The normalized spacial score (nSPS) is 13.1. The van der Waals surface area contributed by atoms with Crippen molar-refractivity contribution < 1.29 is 0 Å². The lowest BCUT2D eigenvalue weighted by molar-refractivity contribution is 0.291. The van der Waals surface area contributed by atoms with Crippen LogP contribution in [0.3, 0.4) is 0 Å². The molecule has 0 spiro atoms. The fourth-order valence-electron chi connectivity index (χ4n) is 1.73. The van der Waals surface area contributed by atoms with Gasteiger partial charge in [-0.25, -0.2) is 0 Å². The number of nitrogens with two attached hydrogens (primary N) is 1. The van der Waals surface area contributed by atoms with Gasteiger partial charge in [0, 0.05) is 6.04 Å². The van der Waals surface area contributed by atoms with Crippen LogP contribution in [0.15, 0.2) is 30.3 Å². The predicted molar refractivity (Wildman–Crippen MR) is 65.8 cm³/mol. The van der Waals surface area contributed by atoms with Crippen molar-refractivity contribution in [2.75, 3.05) is 19.6 Å². The van der Waals surface area contributed by atoms with Crippen LogP contribution in [-0.4, -0.2) is 24.5 Å². The van der Waals surface area contributed by atoms with E-state index in [4.69, 9.17) is 5.73 Å². The van der Waals surface area contributed by atoms with Gasteiger partial charge in [0.05, 0.1) is 0 Å². The average Bonchev–Trinajstić information content (AvgIpc) is 2.31. The third kappa shape index (κ3) is 4.02. The van der Waals surface area contributed by atoms with Gasteiger partial charge >= 0.3 is 0 Å². The Morgan fingerprint density at radius 2 is 1.73 bits per heavy atom. The molecule has 0 aliphatic heterocycles. The third-order valence-corrected chi connectivity index (χ3v) is 2.88. The highest BCUT2D eigenvalue weighted by molar-refractivity contribution is 5.18. The van der Waals surface area contributed by atoms with Crippen LogP contribution in [0.2, 0.25) is 0 Å². The molecule has 0 saturated carbocycles. The molecule has 2 nitrogen and oxygen atoms in total. The van der Waals surface area contributed by atoms with Crippen molar-refractivity contribution in [2.24, 2.45) is 5.73 Å². The second kappa shape index (κ2) is 6.59. The van der Waals surface area contributed by atoms with Crippen molar-refractivity contribution in [1.29, 1.82) is 0 Å². The Morgan fingerprint density at radius 1 is 1.13 bits per heavy atom. The summed E-state index contributed by atoms with van der Waals surface area (Å²) < 4.78 is 0. The average molecular weight is 206 g/mol. The first-order valence-corrected chi connectivity index (χ1v) is 5.80. The summed E-state index contributed by atoms with van der Waals surface area (Å²) in [5, 5.41) is 0. The van der Waals surface area contributed by atoms with E-state index in [1.807, 2.05) is 18.2 Å². The lowest BCUT2D eigenvalue weighted by Crippen LogP contribution is -2.27. The smallest absolute Gasteiger partial charge is 0.0307 e. The highest BCUT2D eigenvalue weighted by Gasteiger charge is 2.06. The minimum atomic E-state index is 0.173. The molecule has 84 valence electrons. The summed E-state index contributed by atoms with van der Waals surface area (Å²) in [5.74, 6) is 0. The summed E-state index contributed by atoms with van der Waals surface area (Å²) in [6.07, 6.45) is 1.03. The van der Waals surface area contributed by atoms with E-state index in [1.54, 1.807) is 0 Å². The van der Waals surface area contributed by atoms with Gasteiger partial charge in [0.15, 0.2) is 0 Å². The highest BCUT2D eigenvalue weighted by atomic mass is 15.1. The summed E-state index contributed by atoms with van der Waals surface area (Å²) >= 11 is 0. The molecule has 2 heteroatoms. The lowest BCUT2D eigenvalue weighted by Gasteiger charge is -2.20.